The zero-order chi connectivity index (χ0) is 21.4. The topological polar surface area (TPSA) is 102 Å². The average molecular weight is 417 g/mol. The largest absolute Gasteiger partial charge is 0.452 e. The minimum Gasteiger partial charge on any atom is -0.452 e. The van der Waals surface area contributed by atoms with Crippen molar-refractivity contribution in [3.05, 3.63) is 64.7 Å². The molecule has 0 aliphatic carbocycles. The van der Waals surface area contributed by atoms with E-state index in [1.807, 2.05) is 0 Å². The van der Waals surface area contributed by atoms with Crippen molar-refractivity contribution in [1.29, 1.82) is 0 Å². The Bertz CT molecular complexity index is 912. The van der Waals surface area contributed by atoms with Crippen LogP contribution < -0.4 is 10.6 Å². The number of ether oxygens (including phenoxy) is 1. The molecule has 8 heteroatoms. The number of esters is 1. The molecule has 0 aliphatic heterocycles. The molecule has 0 bridgehead atoms. The number of rotatable bonds is 8. The summed E-state index contributed by atoms with van der Waals surface area (Å²) in [6.45, 7) is 2.88. The van der Waals surface area contributed by atoms with E-state index in [9.17, 15) is 19.2 Å². The summed E-state index contributed by atoms with van der Waals surface area (Å²) < 4.78 is 5.08. The minimum absolute atomic E-state index is 0.0573. The van der Waals surface area contributed by atoms with Crippen molar-refractivity contribution in [2.75, 3.05) is 11.9 Å². The zero-order valence-corrected chi connectivity index (χ0v) is 16.8. The quantitative estimate of drug-likeness (QED) is 0.508. The number of nitrogens with one attached hydrogen (secondary N) is 2. The summed E-state index contributed by atoms with van der Waals surface area (Å²) in [4.78, 5) is 47.7. The number of Topliss-reactive ketones (excluding diaryl/α,β-unsaturated/α-hetero) is 1. The first-order valence-electron chi connectivity index (χ1n) is 8.92. The third-order valence-electron chi connectivity index (χ3n) is 3.96. The number of para-hydroxylation sites is 1. The van der Waals surface area contributed by atoms with E-state index < -0.39 is 18.0 Å². The van der Waals surface area contributed by atoms with Crippen LogP contribution in [0.25, 0.3) is 0 Å². The fourth-order valence-electron chi connectivity index (χ4n) is 2.42. The summed E-state index contributed by atoms with van der Waals surface area (Å²) >= 11 is 5.77. The van der Waals surface area contributed by atoms with Crippen LogP contribution in [0.3, 0.4) is 0 Å². The molecule has 0 saturated carbocycles. The lowest BCUT2D eigenvalue weighted by molar-refractivity contribution is -0.153. The van der Waals surface area contributed by atoms with Crippen molar-refractivity contribution in [2.45, 2.75) is 26.4 Å². The lowest BCUT2D eigenvalue weighted by Gasteiger charge is -2.15. The third kappa shape index (κ3) is 6.73. The number of amides is 2. The monoisotopic (exact) mass is 416 g/mol. The van der Waals surface area contributed by atoms with Crippen LogP contribution in [0.4, 0.5) is 5.69 Å². The van der Waals surface area contributed by atoms with Gasteiger partial charge in [0.1, 0.15) is 0 Å². The molecule has 0 unspecified atom stereocenters. The van der Waals surface area contributed by atoms with Gasteiger partial charge in [-0.15, -0.1) is 0 Å². The standard InChI is InChI=1S/C21H21ClN2O5/c1-13(25)17-5-3-4-6-18(17)24-20(27)14(2)29-19(26)11-12-23-21(28)15-7-9-16(22)10-8-15/h3-10,14H,11-12H2,1-2H3,(H,23,28)(H,24,27)/t14-/m0/s1. The van der Waals surface area contributed by atoms with E-state index in [1.54, 1.807) is 48.5 Å². The average Bonchev–Trinajstić information content (AvgIpc) is 2.68. The van der Waals surface area contributed by atoms with Gasteiger partial charge < -0.3 is 15.4 Å². The Hall–Kier alpha value is -3.19. The van der Waals surface area contributed by atoms with Crippen molar-refractivity contribution in [1.82, 2.24) is 5.32 Å². The maximum atomic E-state index is 12.2. The van der Waals surface area contributed by atoms with Crippen LogP contribution in [0.2, 0.25) is 5.02 Å². The smallest absolute Gasteiger partial charge is 0.308 e. The SMILES string of the molecule is CC(=O)c1ccccc1NC(=O)[C@H](C)OC(=O)CCNC(=O)c1ccc(Cl)cc1. The molecule has 0 saturated heterocycles. The number of halogens is 1. The van der Waals surface area contributed by atoms with Crippen LogP contribution in [0.15, 0.2) is 48.5 Å². The molecule has 1 atom stereocenters. The summed E-state index contributed by atoms with van der Waals surface area (Å²) in [7, 11) is 0. The van der Waals surface area contributed by atoms with Crippen molar-refractivity contribution < 1.29 is 23.9 Å². The van der Waals surface area contributed by atoms with Crippen molar-refractivity contribution in [3.63, 3.8) is 0 Å². The molecule has 0 aliphatic rings. The molecule has 7 nitrogen and oxygen atoms in total. The fraction of sp³-hybridized carbons (Fsp3) is 0.238. The van der Waals surface area contributed by atoms with Crippen LogP contribution in [-0.4, -0.2) is 36.2 Å². The van der Waals surface area contributed by atoms with Gasteiger partial charge in [-0.05, 0) is 50.2 Å². The molecular weight excluding hydrogens is 396 g/mol. The Labute approximate surface area is 173 Å². The molecule has 2 amide bonds. The van der Waals surface area contributed by atoms with E-state index in [1.165, 1.54) is 13.8 Å². The maximum Gasteiger partial charge on any atom is 0.308 e. The molecule has 2 aromatic carbocycles. The molecule has 0 heterocycles. The van der Waals surface area contributed by atoms with E-state index >= 15 is 0 Å². The van der Waals surface area contributed by atoms with E-state index in [0.717, 1.165) is 0 Å². The first-order valence-corrected chi connectivity index (χ1v) is 9.30. The predicted molar refractivity (Wildman–Crippen MR) is 109 cm³/mol. The molecular formula is C21H21ClN2O5. The van der Waals surface area contributed by atoms with Gasteiger partial charge >= 0.3 is 5.97 Å². The first kappa shape index (κ1) is 22.1. The number of ketones is 1. The van der Waals surface area contributed by atoms with Gasteiger partial charge in [0, 0.05) is 22.7 Å². The van der Waals surface area contributed by atoms with Crippen LogP contribution >= 0.6 is 11.6 Å². The number of benzene rings is 2. The van der Waals surface area contributed by atoms with E-state index in [-0.39, 0.29) is 24.7 Å². The lowest BCUT2D eigenvalue weighted by atomic mass is 10.1. The summed E-state index contributed by atoms with van der Waals surface area (Å²) in [5.74, 6) is -1.73. The Morgan fingerprint density at radius 3 is 2.34 bits per heavy atom. The van der Waals surface area contributed by atoms with Crippen molar-refractivity contribution >= 4 is 40.9 Å². The summed E-state index contributed by atoms with van der Waals surface area (Å²) in [5.41, 5.74) is 1.13. The van der Waals surface area contributed by atoms with Gasteiger partial charge in [-0.2, -0.15) is 0 Å². The molecule has 0 aromatic heterocycles. The van der Waals surface area contributed by atoms with E-state index in [2.05, 4.69) is 10.6 Å². The third-order valence-corrected chi connectivity index (χ3v) is 4.21. The molecule has 2 N–H and O–H groups in total. The molecule has 152 valence electrons. The summed E-state index contributed by atoms with van der Waals surface area (Å²) in [6.07, 6.45) is -1.16. The highest BCUT2D eigenvalue weighted by Gasteiger charge is 2.19. The molecule has 0 fully saturated rings. The van der Waals surface area contributed by atoms with Gasteiger partial charge in [0.2, 0.25) is 0 Å². The van der Waals surface area contributed by atoms with Gasteiger partial charge in [-0.25, -0.2) is 0 Å². The fourth-order valence-corrected chi connectivity index (χ4v) is 2.55. The Kier molecular flexibility index (Phi) is 7.91. The Morgan fingerprint density at radius 1 is 1.03 bits per heavy atom. The number of carbonyl (C=O) groups excluding carboxylic acids is 4. The molecule has 0 radical (unpaired) electrons. The normalized spacial score (nSPS) is 11.3. The molecule has 0 spiro atoms. The second kappa shape index (κ2) is 10.4. The van der Waals surface area contributed by atoms with Gasteiger partial charge in [0.15, 0.2) is 11.9 Å². The second-order valence-corrected chi connectivity index (χ2v) is 6.67. The number of carbonyl (C=O) groups is 4. The summed E-state index contributed by atoms with van der Waals surface area (Å²) in [6, 6.07) is 12.9. The van der Waals surface area contributed by atoms with Gasteiger partial charge in [-0.1, -0.05) is 23.7 Å². The number of hydrogen-bond acceptors (Lipinski definition) is 5. The second-order valence-electron chi connectivity index (χ2n) is 6.24. The number of hydrogen-bond donors (Lipinski definition) is 2. The highest BCUT2D eigenvalue weighted by atomic mass is 35.5. The van der Waals surface area contributed by atoms with Gasteiger partial charge in [0.05, 0.1) is 12.1 Å². The van der Waals surface area contributed by atoms with Crippen molar-refractivity contribution in [3.8, 4) is 0 Å². The highest BCUT2D eigenvalue weighted by Crippen LogP contribution is 2.16. The van der Waals surface area contributed by atoms with Crippen LogP contribution in [-0.2, 0) is 14.3 Å². The van der Waals surface area contributed by atoms with Gasteiger partial charge in [-0.3, -0.25) is 19.2 Å². The van der Waals surface area contributed by atoms with E-state index in [4.69, 9.17) is 16.3 Å². The zero-order valence-electron chi connectivity index (χ0n) is 16.0. The van der Waals surface area contributed by atoms with E-state index in [0.29, 0.717) is 21.8 Å². The Morgan fingerprint density at radius 2 is 1.69 bits per heavy atom. The van der Waals surface area contributed by atoms with Crippen molar-refractivity contribution in [2.24, 2.45) is 0 Å². The number of anilines is 1. The summed E-state index contributed by atoms with van der Waals surface area (Å²) in [5, 5.41) is 5.69. The molecule has 29 heavy (non-hydrogen) atoms. The molecule has 2 aromatic rings. The maximum absolute atomic E-state index is 12.2. The first-order chi connectivity index (χ1) is 13.8. The lowest BCUT2D eigenvalue weighted by Crippen LogP contribution is -2.32. The van der Waals surface area contributed by atoms with Gasteiger partial charge in [0.25, 0.3) is 11.8 Å². The van der Waals surface area contributed by atoms with Crippen LogP contribution in [0, 0.1) is 0 Å². The highest BCUT2D eigenvalue weighted by molar-refractivity contribution is 6.30. The molecule has 2 rings (SSSR count). The predicted octanol–water partition coefficient (Wildman–Crippen LogP) is 3.23. The van der Waals surface area contributed by atoms with Crippen LogP contribution in [0.1, 0.15) is 41.0 Å². The minimum atomic E-state index is -1.06. The Balaban J connectivity index is 1.79. The van der Waals surface area contributed by atoms with Crippen LogP contribution in [0.5, 0.6) is 0 Å².